The van der Waals surface area contributed by atoms with E-state index in [2.05, 4.69) is 10.3 Å². The number of carbonyl (C=O) groups excluding carboxylic acids is 1. The Balaban J connectivity index is 2.09. The van der Waals surface area contributed by atoms with Crippen molar-refractivity contribution in [2.45, 2.75) is 25.7 Å². The maximum Gasteiger partial charge on any atom is 0.255 e. The summed E-state index contributed by atoms with van der Waals surface area (Å²) in [4.78, 5) is 18.3. The Kier molecular flexibility index (Phi) is 4.64. The van der Waals surface area contributed by atoms with E-state index in [1.165, 1.54) is 31.9 Å². The van der Waals surface area contributed by atoms with Gasteiger partial charge in [0.2, 0.25) is 0 Å². The third kappa shape index (κ3) is 3.38. The highest BCUT2D eigenvalue weighted by atomic mass is 35.5. The number of anilines is 1. The first kappa shape index (κ1) is 14.1. The summed E-state index contributed by atoms with van der Waals surface area (Å²) in [6, 6.07) is 1.70. The van der Waals surface area contributed by atoms with Crippen LogP contribution in [0.1, 0.15) is 36.0 Å². The quantitative estimate of drug-likeness (QED) is 0.923. The minimum Gasteiger partial charge on any atom is -0.373 e. The molecule has 0 spiro atoms. The van der Waals surface area contributed by atoms with E-state index < -0.39 is 0 Å². The molecule has 1 amide bonds. The first-order valence-corrected chi connectivity index (χ1v) is 7.08. The Labute approximate surface area is 119 Å². The van der Waals surface area contributed by atoms with Crippen LogP contribution in [0, 0.1) is 5.92 Å². The molecule has 1 aromatic rings. The van der Waals surface area contributed by atoms with Gasteiger partial charge in [0.1, 0.15) is 5.82 Å². The van der Waals surface area contributed by atoms with Crippen LogP contribution in [0.5, 0.6) is 0 Å². The number of halogens is 1. The van der Waals surface area contributed by atoms with Gasteiger partial charge in [0.05, 0.1) is 10.6 Å². The molecule has 4 nitrogen and oxygen atoms in total. The summed E-state index contributed by atoms with van der Waals surface area (Å²) in [5.41, 5.74) is 0.515. The Morgan fingerprint density at radius 2 is 2.21 bits per heavy atom. The molecular formula is C14H20ClN3O. The maximum absolute atomic E-state index is 12.4. The minimum absolute atomic E-state index is 0.0317. The monoisotopic (exact) mass is 281 g/mol. The topological polar surface area (TPSA) is 45.2 Å². The van der Waals surface area contributed by atoms with E-state index in [4.69, 9.17) is 11.6 Å². The summed E-state index contributed by atoms with van der Waals surface area (Å²) < 4.78 is 0. The third-order valence-corrected chi connectivity index (χ3v) is 4.00. The Morgan fingerprint density at radius 3 is 2.84 bits per heavy atom. The molecule has 104 valence electrons. The van der Waals surface area contributed by atoms with Crippen LogP contribution in [0.25, 0.3) is 0 Å². The predicted molar refractivity (Wildman–Crippen MR) is 77.7 cm³/mol. The number of pyridine rings is 1. The van der Waals surface area contributed by atoms with Gasteiger partial charge in [-0.2, -0.15) is 0 Å². The van der Waals surface area contributed by atoms with Crippen molar-refractivity contribution in [2.75, 3.05) is 26.0 Å². The molecule has 1 aromatic heterocycles. The number of nitrogens with one attached hydrogen (secondary N) is 1. The fourth-order valence-electron chi connectivity index (χ4n) is 2.61. The Morgan fingerprint density at radius 1 is 1.53 bits per heavy atom. The average molecular weight is 282 g/mol. The molecule has 0 aliphatic heterocycles. The molecule has 5 heteroatoms. The van der Waals surface area contributed by atoms with Crippen molar-refractivity contribution in [3.63, 3.8) is 0 Å². The Bertz CT molecular complexity index is 458. The second kappa shape index (κ2) is 6.24. The lowest BCUT2D eigenvalue weighted by Gasteiger charge is -2.21. The van der Waals surface area contributed by atoms with Crippen LogP contribution in [0.15, 0.2) is 12.3 Å². The van der Waals surface area contributed by atoms with E-state index in [0.29, 0.717) is 22.3 Å². The fraction of sp³-hybridized carbons (Fsp3) is 0.571. The van der Waals surface area contributed by atoms with E-state index >= 15 is 0 Å². The number of hydrogen-bond acceptors (Lipinski definition) is 3. The number of aromatic nitrogens is 1. The number of rotatable bonds is 4. The van der Waals surface area contributed by atoms with Crippen LogP contribution in [0.3, 0.4) is 0 Å². The van der Waals surface area contributed by atoms with E-state index in [-0.39, 0.29) is 5.91 Å². The van der Waals surface area contributed by atoms with Gasteiger partial charge in [-0.25, -0.2) is 4.98 Å². The fourth-order valence-corrected chi connectivity index (χ4v) is 2.79. The normalized spacial score (nSPS) is 15.5. The van der Waals surface area contributed by atoms with Crippen molar-refractivity contribution >= 4 is 23.3 Å². The van der Waals surface area contributed by atoms with E-state index in [1.54, 1.807) is 18.0 Å². The zero-order valence-electron chi connectivity index (χ0n) is 11.4. The molecule has 1 saturated carbocycles. The van der Waals surface area contributed by atoms with Gasteiger partial charge < -0.3 is 10.2 Å². The van der Waals surface area contributed by atoms with Crippen LogP contribution >= 0.6 is 11.6 Å². The molecular weight excluding hydrogens is 262 g/mol. The van der Waals surface area contributed by atoms with E-state index in [9.17, 15) is 4.79 Å². The zero-order valence-corrected chi connectivity index (χ0v) is 12.2. The van der Waals surface area contributed by atoms with Crippen LogP contribution in [0.4, 0.5) is 5.82 Å². The highest BCUT2D eigenvalue weighted by molar-refractivity contribution is 6.33. The summed E-state index contributed by atoms with van der Waals surface area (Å²) in [7, 11) is 3.61. The van der Waals surface area contributed by atoms with Gasteiger partial charge in [0.15, 0.2) is 0 Å². The highest BCUT2D eigenvalue weighted by Crippen LogP contribution is 2.26. The van der Waals surface area contributed by atoms with Gasteiger partial charge in [0, 0.05) is 26.8 Å². The minimum atomic E-state index is -0.0317. The SMILES string of the molecule is CNc1cc(C(=O)N(C)CC2CCCC2)c(Cl)cn1. The van der Waals surface area contributed by atoms with Crippen LogP contribution in [0.2, 0.25) is 5.02 Å². The molecule has 19 heavy (non-hydrogen) atoms. The van der Waals surface area contributed by atoms with Gasteiger partial charge >= 0.3 is 0 Å². The molecule has 0 bridgehead atoms. The highest BCUT2D eigenvalue weighted by Gasteiger charge is 2.21. The summed E-state index contributed by atoms with van der Waals surface area (Å²) >= 11 is 6.07. The van der Waals surface area contributed by atoms with Crippen molar-refractivity contribution in [1.82, 2.24) is 9.88 Å². The third-order valence-electron chi connectivity index (χ3n) is 3.70. The number of nitrogens with zero attached hydrogens (tertiary/aromatic N) is 2. The van der Waals surface area contributed by atoms with Gasteiger partial charge in [-0.05, 0) is 24.8 Å². The standard InChI is InChI=1S/C14H20ClN3O/c1-16-13-7-11(12(15)8-17-13)14(19)18(2)9-10-5-3-4-6-10/h7-8,10H,3-6,9H2,1-2H3,(H,16,17). The summed E-state index contributed by atoms with van der Waals surface area (Å²) in [5, 5.41) is 3.33. The Hall–Kier alpha value is -1.29. The van der Waals surface area contributed by atoms with Crippen molar-refractivity contribution in [3.05, 3.63) is 22.8 Å². The molecule has 0 aromatic carbocycles. The molecule has 1 fully saturated rings. The lowest BCUT2D eigenvalue weighted by Crippen LogP contribution is -2.31. The summed E-state index contributed by atoms with van der Waals surface area (Å²) in [6.45, 7) is 0.812. The molecule has 1 N–H and O–H groups in total. The van der Waals surface area contributed by atoms with E-state index in [0.717, 1.165) is 6.54 Å². The molecule has 1 aliphatic rings. The van der Waals surface area contributed by atoms with Gasteiger partial charge in [-0.3, -0.25) is 4.79 Å². The lowest BCUT2D eigenvalue weighted by atomic mass is 10.1. The van der Waals surface area contributed by atoms with Crippen LogP contribution in [-0.4, -0.2) is 36.4 Å². The van der Waals surface area contributed by atoms with Crippen molar-refractivity contribution in [3.8, 4) is 0 Å². The molecule has 1 aliphatic carbocycles. The average Bonchev–Trinajstić information content (AvgIpc) is 2.91. The lowest BCUT2D eigenvalue weighted by molar-refractivity contribution is 0.0773. The first-order chi connectivity index (χ1) is 9.11. The van der Waals surface area contributed by atoms with Crippen molar-refractivity contribution in [2.24, 2.45) is 5.92 Å². The van der Waals surface area contributed by atoms with E-state index in [1.807, 2.05) is 7.05 Å². The van der Waals surface area contributed by atoms with Gasteiger partial charge in [-0.15, -0.1) is 0 Å². The number of hydrogen-bond donors (Lipinski definition) is 1. The second-order valence-corrected chi connectivity index (χ2v) is 5.54. The van der Waals surface area contributed by atoms with Gasteiger partial charge in [0.25, 0.3) is 5.91 Å². The van der Waals surface area contributed by atoms with Gasteiger partial charge in [-0.1, -0.05) is 24.4 Å². The summed E-state index contributed by atoms with van der Waals surface area (Å²) in [5.74, 6) is 1.26. The molecule has 0 atom stereocenters. The second-order valence-electron chi connectivity index (χ2n) is 5.14. The summed E-state index contributed by atoms with van der Waals surface area (Å²) in [6.07, 6.45) is 6.54. The first-order valence-electron chi connectivity index (χ1n) is 6.70. The largest absolute Gasteiger partial charge is 0.373 e. The van der Waals surface area contributed by atoms with Crippen LogP contribution in [-0.2, 0) is 0 Å². The van der Waals surface area contributed by atoms with Crippen molar-refractivity contribution in [1.29, 1.82) is 0 Å². The van der Waals surface area contributed by atoms with Crippen molar-refractivity contribution < 1.29 is 4.79 Å². The number of carbonyl (C=O) groups is 1. The molecule has 0 unspecified atom stereocenters. The zero-order chi connectivity index (χ0) is 13.8. The molecule has 0 saturated heterocycles. The molecule has 1 heterocycles. The molecule has 2 rings (SSSR count). The molecule has 0 radical (unpaired) electrons. The van der Waals surface area contributed by atoms with Crippen LogP contribution < -0.4 is 5.32 Å². The smallest absolute Gasteiger partial charge is 0.255 e. The number of amides is 1. The predicted octanol–water partition coefficient (Wildman–Crippen LogP) is 3.04. The maximum atomic E-state index is 12.4.